The number of hydrogen-bond acceptors (Lipinski definition) is 2. The van der Waals surface area contributed by atoms with E-state index in [0.717, 1.165) is 33.7 Å². The highest BCUT2D eigenvalue weighted by atomic mass is 35.5. The fraction of sp³-hybridized carbons (Fsp3) is 0.0435. The number of aromatic nitrogens is 4. The van der Waals surface area contributed by atoms with E-state index in [1.807, 2.05) is 77.9 Å². The van der Waals surface area contributed by atoms with Crippen molar-refractivity contribution >= 4 is 40.4 Å². The first-order valence-electron chi connectivity index (χ1n) is 9.28. The van der Waals surface area contributed by atoms with E-state index in [-0.39, 0.29) is 0 Å². The summed E-state index contributed by atoms with van der Waals surface area (Å²) >= 11 is 18.3. The van der Waals surface area contributed by atoms with Gasteiger partial charge in [0.2, 0.25) is 0 Å². The predicted molar refractivity (Wildman–Crippen MR) is 122 cm³/mol. The van der Waals surface area contributed by atoms with Crippen molar-refractivity contribution in [1.82, 2.24) is 19.2 Å². The van der Waals surface area contributed by atoms with Crippen LogP contribution < -0.4 is 0 Å². The summed E-state index contributed by atoms with van der Waals surface area (Å²) in [7, 11) is 0. The third-order valence-electron chi connectivity index (χ3n) is 4.88. The quantitative estimate of drug-likeness (QED) is 0.297. The number of rotatable bonds is 4. The number of pyridine rings is 1. The summed E-state index contributed by atoms with van der Waals surface area (Å²) in [5, 5.41) is 6.32. The molecule has 0 N–H and O–H groups in total. The van der Waals surface area contributed by atoms with Gasteiger partial charge in [0.05, 0.1) is 34.2 Å². The summed E-state index contributed by atoms with van der Waals surface area (Å²) in [5.74, 6) is 0. The Morgan fingerprint density at radius 2 is 1.67 bits per heavy atom. The molecule has 0 aliphatic carbocycles. The second-order valence-corrected chi connectivity index (χ2v) is 8.17. The summed E-state index contributed by atoms with van der Waals surface area (Å²) in [6, 6.07) is 19.3. The molecule has 30 heavy (non-hydrogen) atoms. The SMILES string of the molecule is Clc1ccc(-c2nc3ccccn3c2-c2cnn(Cc3ccc(Cl)c(Cl)c3)c2)cc1. The van der Waals surface area contributed by atoms with Crippen molar-refractivity contribution in [1.29, 1.82) is 0 Å². The maximum Gasteiger partial charge on any atom is 0.137 e. The number of hydrogen-bond donors (Lipinski definition) is 0. The topological polar surface area (TPSA) is 35.1 Å². The van der Waals surface area contributed by atoms with Gasteiger partial charge in [0.25, 0.3) is 0 Å². The minimum Gasteiger partial charge on any atom is -0.299 e. The molecule has 0 spiro atoms. The van der Waals surface area contributed by atoms with Gasteiger partial charge in [0.15, 0.2) is 0 Å². The van der Waals surface area contributed by atoms with Crippen LogP contribution in [0.2, 0.25) is 15.1 Å². The van der Waals surface area contributed by atoms with Crippen molar-refractivity contribution in [3.05, 3.63) is 99.9 Å². The van der Waals surface area contributed by atoms with Crippen molar-refractivity contribution < 1.29 is 0 Å². The summed E-state index contributed by atoms with van der Waals surface area (Å²) in [4.78, 5) is 4.85. The molecule has 4 nitrogen and oxygen atoms in total. The van der Waals surface area contributed by atoms with Crippen LogP contribution >= 0.6 is 34.8 Å². The van der Waals surface area contributed by atoms with Gasteiger partial charge in [-0.15, -0.1) is 0 Å². The molecule has 0 aliphatic rings. The smallest absolute Gasteiger partial charge is 0.137 e. The average Bonchev–Trinajstić information content (AvgIpc) is 3.35. The molecule has 3 heterocycles. The van der Waals surface area contributed by atoms with Crippen molar-refractivity contribution in [3.63, 3.8) is 0 Å². The Morgan fingerprint density at radius 3 is 2.47 bits per heavy atom. The number of fused-ring (bicyclic) bond motifs is 1. The summed E-state index contributed by atoms with van der Waals surface area (Å²) < 4.78 is 3.95. The van der Waals surface area contributed by atoms with Crippen LogP contribution in [0.4, 0.5) is 0 Å². The minimum atomic E-state index is 0.536. The molecular weight excluding hydrogens is 439 g/mol. The normalized spacial score (nSPS) is 11.3. The average molecular weight is 454 g/mol. The molecule has 2 aromatic carbocycles. The fourth-order valence-electron chi connectivity index (χ4n) is 3.48. The van der Waals surface area contributed by atoms with E-state index in [9.17, 15) is 0 Å². The lowest BCUT2D eigenvalue weighted by Crippen LogP contribution is -1.99. The van der Waals surface area contributed by atoms with E-state index in [1.54, 1.807) is 6.07 Å². The summed E-state index contributed by atoms with van der Waals surface area (Å²) in [6.45, 7) is 0.587. The Kier molecular flexibility index (Phi) is 4.99. The van der Waals surface area contributed by atoms with Gasteiger partial charge in [-0.05, 0) is 42.0 Å². The number of nitrogens with zero attached hydrogens (tertiary/aromatic N) is 4. The maximum atomic E-state index is 6.15. The van der Waals surface area contributed by atoms with Gasteiger partial charge in [0, 0.05) is 28.5 Å². The molecule has 5 rings (SSSR count). The van der Waals surface area contributed by atoms with Crippen LogP contribution in [0.15, 0.2) is 79.3 Å². The van der Waals surface area contributed by atoms with Gasteiger partial charge in [-0.1, -0.05) is 59.1 Å². The lowest BCUT2D eigenvalue weighted by atomic mass is 10.1. The molecule has 0 atom stereocenters. The maximum absolute atomic E-state index is 6.15. The molecule has 0 aliphatic heterocycles. The molecule has 0 fully saturated rings. The summed E-state index contributed by atoms with van der Waals surface area (Å²) in [6.07, 6.45) is 5.87. The monoisotopic (exact) mass is 452 g/mol. The third-order valence-corrected chi connectivity index (χ3v) is 5.87. The van der Waals surface area contributed by atoms with Gasteiger partial charge in [0.1, 0.15) is 5.65 Å². The Balaban J connectivity index is 1.58. The van der Waals surface area contributed by atoms with E-state index >= 15 is 0 Å². The molecule has 0 unspecified atom stereocenters. The Morgan fingerprint density at radius 1 is 0.833 bits per heavy atom. The lowest BCUT2D eigenvalue weighted by Gasteiger charge is -2.05. The number of halogens is 3. The van der Waals surface area contributed by atoms with E-state index in [0.29, 0.717) is 21.6 Å². The lowest BCUT2D eigenvalue weighted by molar-refractivity contribution is 0.687. The van der Waals surface area contributed by atoms with Crippen LogP contribution in [0.3, 0.4) is 0 Å². The first-order valence-corrected chi connectivity index (χ1v) is 10.4. The Hall–Kier alpha value is -2.79. The summed E-state index contributed by atoms with van der Waals surface area (Å²) in [5.41, 5.74) is 5.72. The molecule has 0 amide bonds. The molecule has 3 aromatic heterocycles. The molecule has 5 aromatic rings. The zero-order valence-electron chi connectivity index (χ0n) is 15.6. The highest BCUT2D eigenvalue weighted by Crippen LogP contribution is 2.33. The largest absolute Gasteiger partial charge is 0.299 e. The molecule has 0 radical (unpaired) electrons. The van der Waals surface area contributed by atoms with Crippen LogP contribution in [0, 0.1) is 0 Å². The van der Waals surface area contributed by atoms with Crippen molar-refractivity contribution in [2.45, 2.75) is 6.54 Å². The van der Waals surface area contributed by atoms with E-state index in [1.165, 1.54) is 0 Å². The van der Waals surface area contributed by atoms with Crippen LogP contribution in [0.1, 0.15) is 5.56 Å². The first-order chi connectivity index (χ1) is 14.6. The molecule has 7 heteroatoms. The van der Waals surface area contributed by atoms with Crippen molar-refractivity contribution in [2.75, 3.05) is 0 Å². The highest BCUT2D eigenvalue weighted by Gasteiger charge is 2.17. The first kappa shape index (κ1) is 19.2. The van der Waals surface area contributed by atoms with Crippen molar-refractivity contribution in [2.24, 2.45) is 0 Å². The van der Waals surface area contributed by atoms with E-state index < -0.39 is 0 Å². The molecule has 0 saturated carbocycles. The molecule has 0 saturated heterocycles. The van der Waals surface area contributed by atoms with Gasteiger partial charge >= 0.3 is 0 Å². The minimum absolute atomic E-state index is 0.536. The Labute approximate surface area is 188 Å². The van der Waals surface area contributed by atoms with Gasteiger partial charge in [-0.3, -0.25) is 9.08 Å². The van der Waals surface area contributed by atoms with E-state index in [2.05, 4.69) is 9.50 Å². The van der Waals surface area contributed by atoms with Gasteiger partial charge in [-0.2, -0.15) is 5.10 Å². The van der Waals surface area contributed by atoms with Crippen LogP contribution in [0.5, 0.6) is 0 Å². The van der Waals surface area contributed by atoms with E-state index in [4.69, 9.17) is 39.8 Å². The van der Waals surface area contributed by atoms with Gasteiger partial charge in [-0.25, -0.2) is 4.98 Å². The number of benzene rings is 2. The zero-order chi connectivity index (χ0) is 20.7. The highest BCUT2D eigenvalue weighted by molar-refractivity contribution is 6.42. The zero-order valence-corrected chi connectivity index (χ0v) is 17.9. The molecular formula is C23H15Cl3N4. The Bertz CT molecular complexity index is 1350. The van der Waals surface area contributed by atoms with Crippen LogP contribution in [0.25, 0.3) is 28.2 Å². The third kappa shape index (κ3) is 3.58. The van der Waals surface area contributed by atoms with Crippen molar-refractivity contribution in [3.8, 4) is 22.5 Å². The predicted octanol–water partition coefficient (Wildman–Crippen LogP) is 6.87. The van der Waals surface area contributed by atoms with Gasteiger partial charge < -0.3 is 0 Å². The standard InChI is InChI=1S/C23H15Cl3N4/c24-18-7-5-16(6-8-18)22-23(30-10-2-1-3-21(30)28-22)17-12-27-29(14-17)13-15-4-9-19(25)20(26)11-15/h1-12,14H,13H2. The second kappa shape index (κ2) is 7.80. The fourth-order valence-corrected chi connectivity index (χ4v) is 3.92. The van der Waals surface area contributed by atoms with Crippen LogP contribution in [-0.4, -0.2) is 19.2 Å². The molecule has 0 bridgehead atoms. The molecule has 148 valence electrons. The number of imidazole rings is 1. The van der Waals surface area contributed by atoms with Crippen LogP contribution in [-0.2, 0) is 6.54 Å². The second-order valence-electron chi connectivity index (χ2n) is 6.92.